The molecule has 0 unspecified atom stereocenters. The van der Waals surface area contributed by atoms with Crippen molar-refractivity contribution in [2.45, 2.75) is 29.2 Å². The molecular weight excluding hydrogens is 210 g/mol. The van der Waals surface area contributed by atoms with E-state index in [9.17, 15) is 5.11 Å². The van der Waals surface area contributed by atoms with Crippen LogP contribution in [-0.2, 0) is 0 Å². The molecule has 4 atom stereocenters. The van der Waals surface area contributed by atoms with Crippen LogP contribution >= 0.6 is 34.8 Å². The van der Waals surface area contributed by atoms with E-state index in [0.29, 0.717) is 0 Å². The molecule has 5 heteroatoms. The van der Waals surface area contributed by atoms with Crippen molar-refractivity contribution < 1.29 is 10.2 Å². The molecule has 0 aromatic carbocycles. The van der Waals surface area contributed by atoms with Crippen LogP contribution in [-0.4, -0.2) is 39.1 Å². The summed E-state index contributed by atoms with van der Waals surface area (Å²) in [6.07, 6.45) is -0.976. The van der Waals surface area contributed by atoms with Crippen molar-refractivity contribution in [3.8, 4) is 0 Å². The molecule has 11 heavy (non-hydrogen) atoms. The van der Waals surface area contributed by atoms with Gasteiger partial charge >= 0.3 is 0 Å². The molecular formula is C6H11Cl3O2. The number of alkyl halides is 3. The van der Waals surface area contributed by atoms with E-state index in [1.54, 1.807) is 6.92 Å². The Morgan fingerprint density at radius 3 is 2.00 bits per heavy atom. The summed E-state index contributed by atoms with van der Waals surface area (Å²) in [7, 11) is 0. The molecule has 0 aliphatic carbocycles. The SMILES string of the molecule is C[C@@H](Cl)[C@@H](Cl)[C@H](O)[C@H](Cl)CO. The average molecular weight is 222 g/mol. The first-order valence-corrected chi connectivity index (χ1v) is 4.52. The smallest absolute Gasteiger partial charge is 0.0903 e. The van der Waals surface area contributed by atoms with Gasteiger partial charge in [-0.05, 0) is 6.92 Å². The summed E-state index contributed by atoms with van der Waals surface area (Å²) >= 11 is 16.8. The molecule has 0 aromatic heterocycles. The van der Waals surface area contributed by atoms with Crippen LogP contribution in [0.5, 0.6) is 0 Å². The number of aliphatic hydroxyl groups is 2. The van der Waals surface area contributed by atoms with Gasteiger partial charge in [-0.25, -0.2) is 0 Å². The van der Waals surface area contributed by atoms with Crippen molar-refractivity contribution in [1.29, 1.82) is 0 Å². The largest absolute Gasteiger partial charge is 0.395 e. The van der Waals surface area contributed by atoms with Crippen LogP contribution in [0, 0.1) is 0 Å². The molecule has 2 nitrogen and oxygen atoms in total. The van der Waals surface area contributed by atoms with Crippen molar-refractivity contribution in [2.75, 3.05) is 6.61 Å². The van der Waals surface area contributed by atoms with E-state index in [0.717, 1.165) is 0 Å². The van der Waals surface area contributed by atoms with Gasteiger partial charge in [0.2, 0.25) is 0 Å². The van der Waals surface area contributed by atoms with Gasteiger partial charge in [-0.3, -0.25) is 0 Å². The van der Waals surface area contributed by atoms with Gasteiger partial charge in [0.05, 0.1) is 23.5 Å². The first-order chi connectivity index (χ1) is 5.00. The number of hydrogen-bond donors (Lipinski definition) is 2. The Morgan fingerprint density at radius 2 is 1.73 bits per heavy atom. The van der Waals surface area contributed by atoms with Crippen molar-refractivity contribution in [1.82, 2.24) is 0 Å². The summed E-state index contributed by atoms with van der Waals surface area (Å²) in [5.74, 6) is 0. The minimum atomic E-state index is -0.976. The molecule has 0 amide bonds. The normalized spacial score (nSPS) is 22.4. The van der Waals surface area contributed by atoms with Crippen LogP contribution in [0.15, 0.2) is 0 Å². The highest BCUT2D eigenvalue weighted by Gasteiger charge is 2.27. The van der Waals surface area contributed by atoms with Gasteiger partial charge in [-0.1, -0.05) is 0 Å². The quantitative estimate of drug-likeness (QED) is 0.700. The van der Waals surface area contributed by atoms with Gasteiger partial charge in [0, 0.05) is 5.38 Å². The molecule has 0 fully saturated rings. The molecule has 0 saturated heterocycles. The van der Waals surface area contributed by atoms with Crippen LogP contribution in [0.1, 0.15) is 6.92 Å². The van der Waals surface area contributed by atoms with Crippen molar-refractivity contribution in [3.63, 3.8) is 0 Å². The van der Waals surface area contributed by atoms with Gasteiger partial charge in [-0.15, -0.1) is 34.8 Å². The van der Waals surface area contributed by atoms with Crippen LogP contribution in [0.3, 0.4) is 0 Å². The third-order valence-electron chi connectivity index (χ3n) is 1.31. The average Bonchev–Trinajstić information content (AvgIpc) is 2.00. The maximum Gasteiger partial charge on any atom is 0.0903 e. The molecule has 68 valence electrons. The van der Waals surface area contributed by atoms with Crippen molar-refractivity contribution >= 4 is 34.8 Å². The van der Waals surface area contributed by atoms with Crippen LogP contribution < -0.4 is 0 Å². The Morgan fingerprint density at radius 1 is 1.27 bits per heavy atom. The third kappa shape index (κ3) is 3.81. The number of hydrogen-bond acceptors (Lipinski definition) is 2. The van der Waals surface area contributed by atoms with Crippen LogP contribution in [0.25, 0.3) is 0 Å². The second-order valence-electron chi connectivity index (χ2n) is 2.31. The molecule has 0 radical (unpaired) electrons. The van der Waals surface area contributed by atoms with E-state index in [1.165, 1.54) is 0 Å². The molecule has 0 rings (SSSR count). The van der Waals surface area contributed by atoms with Gasteiger partial charge < -0.3 is 10.2 Å². The summed E-state index contributed by atoms with van der Waals surface area (Å²) in [6, 6.07) is 0. The van der Waals surface area contributed by atoms with Crippen LogP contribution in [0.4, 0.5) is 0 Å². The monoisotopic (exact) mass is 220 g/mol. The zero-order valence-electron chi connectivity index (χ0n) is 6.04. The zero-order chi connectivity index (χ0) is 9.02. The van der Waals surface area contributed by atoms with Crippen molar-refractivity contribution in [2.24, 2.45) is 0 Å². The number of aliphatic hydroxyl groups excluding tert-OH is 2. The van der Waals surface area contributed by atoms with Gasteiger partial charge in [0.25, 0.3) is 0 Å². The van der Waals surface area contributed by atoms with Gasteiger partial charge in [0.1, 0.15) is 0 Å². The second-order valence-corrected chi connectivity index (χ2v) is 4.06. The minimum Gasteiger partial charge on any atom is -0.395 e. The fourth-order valence-corrected chi connectivity index (χ4v) is 1.14. The number of rotatable bonds is 4. The van der Waals surface area contributed by atoms with E-state index in [1.807, 2.05) is 0 Å². The second kappa shape index (κ2) is 5.44. The van der Waals surface area contributed by atoms with E-state index in [-0.39, 0.29) is 12.0 Å². The molecule has 0 saturated carbocycles. The van der Waals surface area contributed by atoms with Gasteiger partial charge in [-0.2, -0.15) is 0 Å². The predicted octanol–water partition coefficient (Wildman–Crippen LogP) is 1.18. The molecule has 0 bridgehead atoms. The molecule has 0 heterocycles. The summed E-state index contributed by atoms with van der Waals surface area (Å²) in [5, 5.41) is 16.0. The fourth-order valence-electron chi connectivity index (χ4n) is 0.579. The van der Waals surface area contributed by atoms with Crippen LogP contribution in [0.2, 0.25) is 0 Å². The first-order valence-electron chi connectivity index (χ1n) is 3.21. The van der Waals surface area contributed by atoms with E-state index < -0.39 is 16.9 Å². The van der Waals surface area contributed by atoms with E-state index >= 15 is 0 Å². The van der Waals surface area contributed by atoms with Gasteiger partial charge in [0.15, 0.2) is 0 Å². The maximum absolute atomic E-state index is 9.25. The Labute approximate surface area is 81.1 Å². The molecule has 0 spiro atoms. The third-order valence-corrected chi connectivity index (χ3v) is 2.74. The summed E-state index contributed by atoms with van der Waals surface area (Å²) < 4.78 is 0. The highest BCUT2D eigenvalue weighted by atomic mass is 35.5. The highest BCUT2D eigenvalue weighted by molar-refractivity contribution is 6.31. The molecule has 0 aliphatic heterocycles. The predicted molar refractivity (Wildman–Crippen MR) is 47.7 cm³/mol. The Hall–Kier alpha value is 0.790. The number of halogens is 3. The minimum absolute atomic E-state index is 0.310. The zero-order valence-corrected chi connectivity index (χ0v) is 8.31. The standard InChI is InChI=1S/C6H11Cl3O2/c1-3(7)5(9)6(11)4(8)2-10/h3-6,10-11H,2H2,1H3/t3-,4-,5-,6-/m1/s1. The molecule has 2 N–H and O–H groups in total. The molecule has 0 aromatic rings. The van der Waals surface area contributed by atoms with Crippen molar-refractivity contribution in [3.05, 3.63) is 0 Å². The summed E-state index contributed by atoms with van der Waals surface area (Å²) in [5.41, 5.74) is 0. The van der Waals surface area contributed by atoms with E-state index in [4.69, 9.17) is 39.9 Å². The topological polar surface area (TPSA) is 40.5 Å². The highest BCUT2D eigenvalue weighted by Crippen LogP contribution is 2.18. The Balaban J connectivity index is 3.90. The lowest BCUT2D eigenvalue weighted by Crippen LogP contribution is -2.37. The van der Waals surface area contributed by atoms with E-state index in [2.05, 4.69) is 0 Å². The lowest BCUT2D eigenvalue weighted by atomic mass is 10.1. The lowest BCUT2D eigenvalue weighted by molar-refractivity contribution is 0.133. The fraction of sp³-hybridized carbons (Fsp3) is 1.00. The Kier molecular flexibility index (Phi) is 5.83. The summed E-state index contributed by atoms with van der Waals surface area (Å²) in [4.78, 5) is 0. The maximum atomic E-state index is 9.25. The lowest BCUT2D eigenvalue weighted by Gasteiger charge is -2.21. The Bertz CT molecular complexity index is 110. The summed E-state index contributed by atoms with van der Waals surface area (Å²) in [6.45, 7) is 1.35. The molecule has 0 aliphatic rings. The first kappa shape index (κ1) is 11.8.